The summed E-state index contributed by atoms with van der Waals surface area (Å²) in [5.74, 6) is 1.06. The molecule has 8 nitrogen and oxygen atoms in total. The number of anilines is 3. The Morgan fingerprint density at radius 1 is 1.28 bits per heavy atom. The van der Waals surface area contributed by atoms with Gasteiger partial charge in [0, 0.05) is 36.0 Å². The SMILES string of the molecule is NCC(=O)N1CCC(Nc2nc(Nc3cccc(Cl)c3)nc3[nH]cc(Cl)c23)CC1. The average Bonchev–Trinajstić information content (AvgIpc) is 3.09. The van der Waals surface area contributed by atoms with E-state index in [1.54, 1.807) is 23.2 Å². The van der Waals surface area contributed by atoms with Gasteiger partial charge in [0.1, 0.15) is 11.5 Å². The quantitative estimate of drug-likeness (QED) is 0.490. The number of carbonyl (C=O) groups is 1. The maximum Gasteiger partial charge on any atom is 0.236 e. The van der Waals surface area contributed by atoms with Crippen molar-refractivity contribution in [2.45, 2.75) is 18.9 Å². The predicted molar refractivity (Wildman–Crippen MR) is 116 cm³/mol. The molecular formula is C19H21Cl2N7O. The van der Waals surface area contributed by atoms with Crippen LogP contribution in [0.15, 0.2) is 30.5 Å². The van der Waals surface area contributed by atoms with Gasteiger partial charge in [0.2, 0.25) is 11.9 Å². The van der Waals surface area contributed by atoms with Crippen molar-refractivity contribution >= 4 is 57.6 Å². The lowest BCUT2D eigenvalue weighted by atomic mass is 10.0. The summed E-state index contributed by atoms with van der Waals surface area (Å²) in [6, 6.07) is 7.51. The third-order valence-corrected chi connectivity index (χ3v) is 5.46. The normalized spacial score (nSPS) is 14.9. The number of fused-ring (bicyclic) bond motifs is 1. The Bertz CT molecular complexity index is 1030. The van der Waals surface area contributed by atoms with Crippen molar-refractivity contribution in [3.05, 3.63) is 40.5 Å². The van der Waals surface area contributed by atoms with E-state index in [0.717, 1.165) is 23.9 Å². The molecule has 5 N–H and O–H groups in total. The molecule has 1 fully saturated rings. The monoisotopic (exact) mass is 433 g/mol. The molecule has 0 atom stereocenters. The van der Waals surface area contributed by atoms with Gasteiger partial charge in [0.25, 0.3) is 0 Å². The van der Waals surface area contributed by atoms with Gasteiger partial charge < -0.3 is 26.3 Å². The summed E-state index contributed by atoms with van der Waals surface area (Å²) in [6.45, 7) is 1.37. The number of carbonyl (C=O) groups excluding carboxylic acids is 1. The second-order valence-electron chi connectivity index (χ2n) is 6.89. The average molecular weight is 434 g/mol. The first-order chi connectivity index (χ1) is 14.0. The van der Waals surface area contributed by atoms with Gasteiger partial charge in [-0.3, -0.25) is 4.79 Å². The van der Waals surface area contributed by atoms with Gasteiger partial charge >= 0.3 is 0 Å². The highest BCUT2D eigenvalue weighted by Gasteiger charge is 2.23. The number of H-pyrrole nitrogens is 1. The standard InChI is InChI=1S/C19H21Cl2N7O/c20-11-2-1-3-13(8-11)25-19-26-17-16(14(21)10-23-17)18(27-19)24-12-4-6-28(7-5-12)15(29)9-22/h1-3,8,10,12H,4-7,9,22H2,(H3,23,24,25,26,27). The van der Waals surface area contributed by atoms with Crippen LogP contribution in [0.3, 0.4) is 0 Å². The Balaban J connectivity index is 1.56. The van der Waals surface area contributed by atoms with Crippen LogP contribution in [0.2, 0.25) is 10.0 Å². The number of nitrogens with one attached hydrogen (secondary N) is 3. The van der Waals surface area contributed by atoms with Gasteiger partial charge in [0.15, 0.2) is 0 Å². The maximum absolute atomic E-state index is 11.8. The fourth-order valence-electron chi connectivity index (χ4n) is 3.45. The largest absolute Gasteiger partial charge is 0.366 e. The van der Waals surface area contributed by atoms with E-state index in [1.807, 2.05) is 12.1 Å². The van der Waals surface area contributed by atoms with E-state index >= 15 is 0 Å². The van der Waals surface area contributed by atoms with Crippen molar-refractivity contribution < 1.29 is 4.79 Å². The van der Waals surface area contributed by atoms with E-state index in [1.165, 1.54) is 0 Å². The minimum absolute atomic E-state index is 0.0189. The van der Waals surface area contributed by atoms with Gasteiger partial charge in [-0.1, -0.05) is 29.3 Å². The summed E-state index contributed by atoms with van der Waals surface area (Å²) < 4.78 is 0. The molecule has 0 bridgehead atoms. The van der Waals surface area contributed by atoms with Gasteiger partial charge in [-0.25, -0.2) is 0 Å². The number of hydrogen-bond acceptors (Lipinski definition) is 6. The molecule has 3 heterocycles. The second kappa shape index (κ2) is 8.44. The fourth-order valence-corrected chi connectivity index (χ4v) is 3.87. The summed E-state index contributed by atoms with van der Waals surface area (Å²) in [6.07, 6.45) is 3.30. The van der Waals surface area contributed by atoms with E-state index < -0.39 is 0 Å². The number of piperidine rings is 1. The van der Waals surface area contributed by atoms with Gasteiger partial charge in [-0.15, -0.1) is 0 Å². The second-order valence-corrected chi connectivity index (χ2v) is 7.74. The summed E-state index contributed by atoms with van der Waals surface area (Å²) in [4.78, 5) is 25.8. The zero-order valence-electron chi connectivity index (χ0n) is 15.6. The van der Waals surface area contributed by atoms with Crippen molar-refractivity contribution in [1.29, 1.82) is 0 Å². The van der Waals surface area contributed by atoms with E-state index in [4.69, 9.17) is 28.9 Å². The Kier molecular flexibility index (Phi) is 5.75. The minimum atomic E-state index is -0.0189. The number of aromatic amines is 1. The summed E-state index contributed by atoms with van der Waals surface area (Å²) in [7, 11) is 0. The zero-order valence-corrected chi connectivity index (χ0v) is 17.1. The van der Waals surface area contributed by atoms with E-state index in [9.17, 15) is 4.79 Å². The van der Waals surface area contributed by atoms with Crippen molar-refractivity contribution in [3.8, 4) is 0 Å². The molecule has 0 saturated carbocycles. The lowest BCUT2D eigenvalue weighted by Crippen LogP contribution is -2.44. The van der Waals surface area contributed by atoms with Crippen LogP contribution in [0, 0.1) is 0 Å². The number of nitrogens with two attached hydrogens (primary N) is 1. The van der Waals surface area contributed by atoms with Gasteiger partial charge in [-0.2, -0.15) is 9.97 Å². The Labute approximate surface area is 177 Å². The molecule has 1 aliphatic rings. The number of hydrogen-bond donors (Lipinski definition) is 4. The lowest BCUT2D eigenvalue weighted by Gasteiger charge is -2.32. The van der Waals surface area contributed by atoms with Crippen LogP contribution in [-0.4, -0.2) is 51.4 Å². The molecule has 29 heavy (non-hydrogen) atoms. The van der Waals surface area contributed by atoms with E-state index in [0.29, 0.717) is 40.5 Å². The number of benzene rings is 1. The number of halogens is 2. The third-order valence-electron chi connectivity index (χ3n) is 4.93. The summed E-state index contributed by atoms with van der Waals surface area (Å²) in [5, 5.41) is 8.56. The molecule has 0 spiro atoms. The highest BCUT2D eigenvalue weighted by Crippen LogP contribution is 2.31. The first kappa shape index (κ1) is 19.8. The van der Waals surface area contributed by atoms with Crippen LogP contribution in [0.25, 0.3) is 11.0 Å². The van der Waals surface area contributed by atoms with Crippen LogP contribution in [0.4, 0.5) is 17.5 Å². The van der Waals surface area contributed by atoms with Crippen LogP contribution in [0.1, 0.15) is 12.8 Å². The maximum atomic E-state index is 11.8. The van der Waals surface area contributed by atoms with Crippen molar-refractivity contribution in [1.82, 2.24) is 19.9 Å². The Morgan fingerprint density at radius 2 is 2.07 bits per heavy atom. The highest BCUT2D eigenvalue weighted by molar-refractivity contribution is 6.36. The lowest BCUT2D eigenvalue weighted by molar-refractivity contribution is -0.130. The van der Waals surface area contributed by atoms with Crippen LogP contribution < -0.4 is 16.4 Å². The molecule has 1 aromatic carbocycles. The first-order valence-corrected chi connectivity index (χ1v) is 10.1. The van der Waals surface area contributed by atoms with Crippen LogP contribution in [-0.2, 0) is 4.79 Å². The van der Waals surface area contributed by atoms with Crippen molar-refractivity contribution in [3.63, 3.8) is 0 Å². The minimum Gasteiger partial charge on any atom is -0.366 e. The van der Waals surface area contributed by atoms with E-state index in [2.05, 4.69) is 25.6 Å². The molecule has 2 aromatic heterocycles. The Morgan fingerprint density at radius 3 is 2.79 bits per heavy atom. The van der Waals surface area contributed by atoms with Crippen LogP contribution in [0.5, 0.6) is 0 Å². The summed E-state index contributed by atoms with van der Waals surface area (Å²) >= 11 is 12.4. The fraction of sp³-hybridized carbons (Fsp3) is 0.316. The number of amides is 1. The molecule has 0 unspecified atom stereocenters. The third kappa shape index (κ3) is 4.39. The molecule has 4 rings (SSSR count). The zero-order chi connectivity index (χ0) is 20.4. The van der Waals surface area contributed by atoms with Crippen molar-refractivity contribution in [2.75, 3.05) is 30.3 Å². The smallest absolute Gasteiger partial charge is 0.236 e. The molecule has 0 aliphatic carbocycles. The topological polar surface area (TPSA) is 112 Å². The molecule has 0 radical (unpaired) electrons. The number of rotatable bonds is 5. The van der Waals surface area contributed by atoms with Gasteiger partial charge in [0.05, 0.1) is 17.0 Å². The molecule has 1 aliphatic heterocycles. The molecule has 152 valence electrons. The van der Waals surface area contributed by atoms with Crippen molar-refractivity contribution in [2.24, 2.45) is 5.73 Å². The number of nitrogens with zero attached hydrogens (tertiary/aromatic N) is 3. The Hall–Kier alpha value is -2.55. The number of aromatic nitrogens is 3. The number of likely N-dealkylation sites (tertiary alicyclic amines) is 1. The highest BCUT2D eigenvalue weighted by atomic mass is 35.5. The van der Waals surface area contributed by atoms with Crippen LogP contribution >= 0.6 is 23.2 Å². The molecular weight excluding hydrogens is 413 g/mol. The molecule has 1 saturated heterocycles. The molecule has 3 aromatic rings. The van der Waals surface area contributed by atoms with Gasteiger partial charge in [-0.05, 0) is 31.0 Å². The molecule has 10 heteroatoms. The summed E-state index contributed by atoms with van der Waals surface area (Å²) in [5.41, 5.74) is 6.88. The first-order valence-electron chi connectivity index (χ1n) is 9.35. The molecule has 1 amide bonds. The van der Waals surface area contributed by atoms with E-state index in [-0.39, 0.29) is 18.5 Å². The predicted octanol–water partition coefficient (Wildman–Crippen LogP) is 3.37.